The van der Waals surface area contributed by atoms with Crippen molar-refractivity contribution in [2.24, 2.45) is 0 Å². The highest BCUT2D eigenvalue weighted by atomic mass is 79.9. The van der Waals surface area contributed by atoms with E-state index >= 15 is 0 Å². The Labute approximate surface area is 145 Å². The molecule has 0 radical (unpaired) electrons. The number of rotatable bonds is 3. The van der Waals surface area contributed by atoms with E-state index in [1.165, 1.54) is 0 Å². The van der Waals surface area contributed by atoms with Gasteiger partial charge in [0.15, 0.2) is 11.5 Å². The molecule has 0 aromatic heterocycles. The van der Waals surface area contributed by atoms with Gasteiger partial charge >= 0.3 is 0 Å². The van der Waals surface area contributed by atoms with Gasteiger partial charge in [-0.25, -0.2) is 0 Å². The van der Waals surface area contributed by atoms with Gasteiger partial charge in [-0.1, -0.05) is 31.9 Å². The largest absolute Gasteiger partial charge is 0.493 e. The maximum atomic E-state index is 5.93. The number of hydrogen-bond donors (Lipinski definition) is 0. The fraction of sp³-hybridized carbons (Fsp3) is 0.0769. The lowest BCUT2D eigenvalue weighted by molar-refractivity contribution is 0.376. The van der Waals surface area contributed by atoms with Crippen LogP contribution in [0.1, 0.15) is 0 Å². The summed E-state index contributed by atoms with van der Waals surface area (Å²) in [7, 11) is 1.61. The number of methoxy groups -OCH3 is 1. The molecular weight excluding hydrogens is 508 g/mol. The number of benzene rings is 2. The Morgan fingerprint density at radius 3 is 2.16 bits per heavy atom. The van der Waals surface area contributed by atoms with Crippen molar-refractivity contribution in [3.63, 3.8) is 0 Å². The first-order valence-electron chi connectivity index (χ1n) is 5.17. The minimum atomic E-state index is 0.629. The predicted octanol–water partition coefficient (Wildman–Crippen LogP) is 6.54. The van der Waals surface area contributed by atoms with Crippen LogP contribution in [0.5, 0.6) is 17.2 Å². The van der Waals surface area contributed by atoms with Crippen LogP contribution in [0, 0.1) is 0 Å². The second kappa shape index (κ2) is 6.61. The zero-order chi connectivity index (χ0) is 14.0. The molecule has 0 bridgehead atoms. The van der Waals surface area contributed by atoms with Gasteiger partial charge in [0, 0.05) is 8.95 Å². The summed E-state index contributed by atoms with van der Waals surface area (Å²) in [6, 6.07) is 9.50. The Hall–Kier alpha value is -0.0400. The molecule has 0 saturated heterocycles. The van der Waals surface area contributed by atoms with Crippen LogP contribution in [-0.4, -0.2) is 7.11 Å². The van der Waals surface area contributed by atoms with Gasteiger partial charge in [0.2, 0.25) is 0 Å². The fourth-order valence-corrected chi connectivity index (χ4v) is 3.39. The average Bonchev–Trinajstić information content (AvgIpc) is 2.36. The first-order chi connectivity index (χ1) is 9.01. The first-order valence-corrected chi connectivity index (χ1v) is 8.34. The Morgan fingerprint density at radius 1 is 0.789 bits per heavy atom. The molecule has 0 aliphatic rings. The van der Waals surface area contributed by atoms with Gasteiger partial charge in [-0.05, 0) is 62.2 Å². The van der Waals surface area contributed by atoms with Crippen molar-refractivity contribution < 1.29 is 9.47 Å². The second-order valence-electron chi connectivity index (χ2n) is 3.60. The molecule has 2 aromatic rings. The smallest absolute Gasteiger partial charge is 0.183 e. The fourth-order valence-electron chi connectivity index (χ4n) is 1.45. The van der Waals surface area contributed by atoms with E-state index in [-0.39, 0.29) is 0 Å². The van der Waals surface area contributed by atoms with Crippen LogP contribution in [0.15, 0.2) is 48.2 Å². The summed E-state index contributed by atoms with van der Waals surface area (Å²) in [6.45, 7) is 0. The van der Waals surface area contributed by atoms with E-state index in [1.807, 2.05) is 30.3 Å². The van der Waals surface area contributed by atoms with Crippen molar-refractivity contribution in [2.75, 3.05) is 7.11 Å². The summed E-state index contributed by atoms with van der Waals surface area (Å²) in [5, 5.41) is 0. The molecular formula is C13H8Br4O2. The minimum absolute atomic E-state index is 0.629. The van der Waals surface area contributed by atoms with Crippen LogP contribution in [0.25, 0.3) is 0 Å². The van der Waals surface area contributed by atoms with E-state index in [0.29, 0.717) is 17.2 Å². The molecule has 0 heterocycles. The third-order valence-electron chi connectivity index (χ3n) is 2.30. The zero-order valence-corrected chi connectivity index (χ0v) is 16.1. The average molecular weight is 516 g/mol. The van der Waals surface area contributed by atoms with Gasteiger partial charge in [0.1, 0.15) is 5.75 Å². The van der Waals surface area contributed by atoms with Gasteiger partial charge in [0.05, 0.1) is 16.1 Å². The number of ether oxygens (including phenoxy) is 2. The number of halogens is 4. The lowest BCUT2D eigenvalue weighted by atomic mass is 10.3. The number of hydrogen-bond acceptors (Lipinski definition) is 2. The van der Waals surface area contributed by atoms with Crippen molar-refractivity contribution in [2.45, 2.75) is 0 Å². The van der Waals surface area contributed by atoms with E-state index < -0.39 is 0 Å². The van der Waals surface area contributed by atoms with Crippen LogP contribution >= 0.6 is 63.7 Å². The van der Waals surface area contributed by atoms with Gasteiger partial charge in [0.25, 0.3) is 0 Å². The molecule has 100 valence electrons. The lowest BCUT2D eigenvalue weighted by Crippen LogP contribution is -1.92. The molecule has 6 heteroatoms. The summed E-state index contributed by atoms with van der Waals surface area (Å²) in [5.74, 6) is 1.98. The minimum Gasteiger partial charge on any atom is -0.493 e. The molecule has 2 nitrogen and oxygen atoms in total. The van der Waals surface area contributed by atoms with Crippen LogP contribution in [0.3, 0.4) is 0 Å². The van der Waals surface area contributed by atoms with Gasteiger partial charge < -0.3 is 9.47 Å². The van der Waals surface area contributed by atoms with E-state index in [2.05, 4.69) is 63.7 Å². The van der Waals surface area contributed by atoms with E-state index in [9.17, 15) is 0 Å². The maximum absolute atomic E-state index is 5.93. The molecule has 19 heavy (non-hydrogen) atoms. The molecule has 0 N–H and O–H groups in total. The Morgan fingerprint density at radius 2 is 1.47 bits per heavy atom. The third-order valence-corrected chi connectivity index (χ3v) is 4.49. The normalized spacial score (nSPS) is 10.4. The van der Waals surface area contributed by atoms with Gasteiger partial charge in [-0.3, -0.25) is 0 Å². The summed E-state index contributed by atoms with van der Waals surface area (Å²) < 4.78 is 14.8. The van der Waals surface area contributed by atoms with Crippen LogP contribution in [0.2, 0.25) is 0 Å². The molecule has 2 rings (SSSR count). The van der Waals surface area contributed by atoms with Crippen molar-refractivity contribution in [1.82, 2.24) is 0 Å². The Bertz CT molecular complexity index is 614. The van der Waals surface area contributed by atoms with E-state index in [1.54, 1.807) is 7.11 Å². The van der Waals surface area contributed by atoms with Gasteiger partial charge in [-0.2, -0.15) is 0 Å². The monoisotopic (exact) mass is 512 g/mol. The second-order valence-corrected chi connectivity index (χ2v) is 7.14. The van der Waals surface area contributed by atoms with Crippen molar-refractivity contribution in [1.29, 1.82) is 0 Å². The quantitative estimate of drug-likeness (QED) is 0.462. The highest BCUT2D eigenvalue weighted by molar-refractivity contribution is 9.11. The molecule has 0 fully saturated rings. The lowest BCUT2D eigenvalue weighted by Gasteiger charge is -2.14. The van der Waals surface area contributed by atoms with E-state index in [0.717, 1.165) is 17.9 Å². The van der Waals surface area contributed by atoms with Crippen LogP contribution in [0.4, 0.5) is 0 Å². The Balaban J connectivity index is 2.46. The molecule has 0 atom stereocenters. The predicted molar refractivity (Wildman–Crippen MR) is 90.3 cm³/mol. The summed E-state index contributed by atoms with van der Waals surface area (Å²) in [6.07, 6.45) is 0. The van der Waals surface area contributed by atoms with Crippen LogP contribution < -0.4 is 9.47 Å². The standard InChI is InChI=1S/C13H8Br4O2/c1-18-12-6-8(15)4-10(17)13(12)19-11-5-7(14)2-3-9(11)16/h2-6H,1H3. The van der Waals surface area contributed by atoms with Crippen LogP contribution in [-0.2, 0) is 0 Å². The third kappa shape index (κ3) is 3.74. The Kier molecular flexibility index (Phi) is 5.34. The molecule has 0 aliphatic carbocycles. The molecule has 2 aromatic carbocycles. The topological polar surface area (TPSA) is 18.5 Å². The molecule has 0 spiro atoms. The molecule has 0 saturated carbocycles. The SMILES string of the molecule is COc1cc(Br)cc(Br)c1Oc1cc(Br)ccc1Br. The maximum Gasteiger partial charge on any atom is 0.183 e. The summed E-state index contributed by atoms with van der Waals surface area (Å²) in [4.78, 5) is 0. The molecule has 0 aliphatic heterocycles. The molecule has 0 unspecified atom stereocenters. The van der Waals surface area contributed by atoms with E-state index in [4.69, 9.17) is 9.47 Å². The highest BCUT2D eigenvalue weighted by Crippen LogP contribution is 2.42. The summed E-state index contributed by atoms with van der Waals surface area (Å²) in [5.41, 5.74) is 0. The highest BCUT2D eigenvalue weighted by Gasteiger charge is 2.13. The van der Waals surface area contributed by atoms with Crippen molar-refractivity contribution >= 4 is 63.7 Å². The summed E-state index contributed by atoms with van der Waals surface area (Å²) >= 11 is 13.8. The van der Waals surface area contributed by atoms with Gasteiger partial charge in [-0.15, -0.1) is 0 Å². The zero-order valence-electron chi connectivity index (χ0n) is 9.72. The van der Waals surface area contributed by atoms with Crippen molar-refractivity contribution in [3.05, 3.63) is 48.2 Å². The molecule has 0 amide bonds. The first kappa shape index (κ1) is 15.4. The van der Waals surface area contributed by atoms with Crippen molar-refractivity contribution in [3.8, 4) is 17.2 Å².